The molecule has 0 aromatic carbocycles. The van der Waals surface area contributed by atoms with Gasteiger partial charge in [0.15, 0.2) is 0 Å². The van der Waals surface area contributed by atoms with Crippen molar-refractivity contribution >= 4 is 11.9 Å². The zero-order valence-electron chi connectivity index (χ0n) is 8.49. The normalized spacial score (nSPS) is 20.1. The highest BCUT2D eigenvalue weighted by atomic mass is 16.4. The van der Waals surface area contributed by atoms with Crippen molar-refractivity contribution in [2.45, 2.75) is 32.7 Å². The Bertz CT molecular complexity index is 197. The van der Waals surface area contributed by atoms with Crippen LogP contribution in [-0.4, -0.2) is 34.7 Å². The molecule has 0 spiro atoms. The van der Waals surface area contributed by atoms with E-state index in [1.54, 1.807) is 13.8 Å². The van der Waals surface area contributed by atoms with Gasteiger partial charge in [0.25, 0.3) is 0 Å². The maximum Gasteiger partial charge on any atom is 0.320 e. The van der Waals surface area contributed by atoms with E-state index >= 15 is 0 Å². The number of rotatable bonds is 2. The van der Waals surface area contributed by atoms with E-state index in [9.17, 15) is 9.59 Å². The van der Waals surface area contributed by atoms with Crippen LogP contribution in [0.3, 0.4) is 0 Å². The first kappa shape index (κ1) is 12.9. The zero-order valence-corrected chi connectivity index (χ0v) is 8.49. The summed E-state index contributed by atoms with van der Waals surface area (Å²) in [6.45, 7) is 4.14. The molecule has 1 saturated heterocycles. The first-order valence-corrected chi connectivity index (χ1v) is 4.64. The number of aliphatic carboxylic acids is 2. The SMILES string of the molecule is CC(C)C(=O)O.O=C(O)[C@@H]1CCCN1. The minimum Gasteiger partial charge on any atom is -0.481 e. The molecule has 5 heteroatoms. The Balaban J connectivity index is 0.000000255. The molecule has 0 radical (unpaired) electrons. The fourth-order valence-electron chi connectivity index (χ4n) is 0.895. The van der Waals surface area contributed by atoms with Crippen molar-refractivity contribution in [3.8, 4) is 0 Å². The molecule has 1 fully saturated rings. The van der Waals surface area contributed by atoms with Gasteiger partial charge in [0.1, 0.15) is 6.04 Å². The lowest BCUT2D eigenvalue weighted by molar-refractivity contribution is -0.140. The largest absolute Gasteiger partial charge is 0.481 e. The van der Waals surface area contributed by atoms with E-state index in [-0.39, 0.29) is 12.0 Å². The van der Waals surface area contributed by atoms with Crippen LogP contribution in [0.5, 0.6) is 0 Å². The van der Waals surface area contributed by atoms with Crippen LogP contribution in [0.25, 0.3) is 0 Å². The van der Waals surface area contributed by atoms with E-state index in [0.717, 1.165) is 19.4 Å². The molecule has 0 aromatic rings. The highest BCUT2D eigenvalue weighted by Crippen LogP contribution is 2.03. The molecular formula is C9H17NO4. The van der Waals surface area contributed by atoms with Crippen molar-refractivity contribution in [2.75, 3.05) is 6.54 Å². The van der Waals surface area contributed by atoms with Gasteiger partial charge in [-0.25, -0.2) is 0 Å². The van der Waals surface area contributed by atoms with E-state index in [1.807, 2.05) is 0 Å². The molecule has 1 heterocycles. The Labute approximate surface area is 83.1 Å². The van der Waals surface area contributed by atoms with E-state index in [0.29, 0.717) is 0 Å². The first-order chi connectivity index (χ1) is 6.45. The summed E-state index contributed by atoms with van der Waals surface area (Å²) in [5, 5.41) is 19.2. The minimum absolute atomic E-state index is 0.231. The molecule has 1 aliphatic rings. The summed E-state index contributed by atoms with van der Waals surface area (Å²) in [5.74, 6) is -1.69. The third kappa shape index (κ3) is 5.53. The summed E-state index contributed by atoms with van der Waals surface area (Å²) in [6, 6.07) is -0.269. The standard InChI is InChI=1S/C5H9NO2.C4H8O2/c7-5(8)4-2-1-3-6-4;1-3(2)4(5)6/h4,6H,1-3H2,(H,7,8);3H,1-2H3,(H,5,6)/t4-;/m0./s1. The van der Waals surface area contributed by atoms with E-state index in [1.165, 1.54) is 0 Å². The zero-order chi connectivity index (χ0) is 11.1. The Morgan fingerprint density at radius 2 is 1.86 bits per heavy atom. The second kappa shape index (κ2) is 6.37. The monoisotopic (exact) mass is 203 g/mol. The first-order valence-electron chi connectivity index (χ1n) is 4.64. The Morgan fingerprint density at radius 1 is 1.36 bits per heavy atom. The summed E-state index contributed by atoms with van der Waals surface area (Å²) in [6.07, 6.45) is 1.78. The van der Waals surface area contributed by atoms with Gasteiger partial charge in [-0.1, -0.05) is 13.8 Å². The van der Waals surface area contributed by atoms with Gasteiger partial charge in [0, 0.05) is 0 Å². The van der Waals surface area contributed by atoms with Crippen LogP contribution < -0.4 is 5.32 Å². The minimum atomic E-state index is -0.741. The Kier molecular flexibility index (Phi) is 5.87. The average molecular weight is 203 g/mol. The van der Waals surface area contributed by atoms with Crippen LogP contribution in [0, 0.1) is 5.92 Å². The van der Waals surface area contributed by atoms with Crippen molar-refractivity contribution in [2.24, 2.45) is 5.92 Å². The summed E-state index contributed by atoms with van der Waals surface area (Å²) < 4.78 is 0. The predicted molar refractivity (Wildman–Crippen MR) is 51.1 cm³/mol. The molecule has 0 unspecified atom stereocenters. The van der Waals surface area contributed by atoms with Crippen LogP contribution in [0.1, 0.15) is 26.7 Å². The van der Waals surface area contributed by atoms with Crippen molar-refractivity contribution in [3.05, 3.63) is 0 Å². The highest BCUT2D eigenvalue weighted by molar-refractivity contribution is 5.73. The molecule has 0 aromatic heterocycles. The molecule has 14 heavy (non-hydrogen) atoms. The summed E-state index contributed by atoms with van der Waals surface area (Å²) in [7, 11) is 0. The van der Waals surface area contributed by atoms with Crippen molar-refractivity contribution in [1.82, 2.24) is 5.32 Å². The topological polar surface area (TPSA) is 86.6 Å². The number of carboxylic acids is 2. The maximum atomic E-state index is 10.1. The van der Waals surface area contributed by atoms with Crippen LogP contribution >= 0.6 is 0 Å². The molecule has 82 valence electrons. The molecule has 0 amide bonds. The van der Waals surface area contributed by atoms with Crippen molar-refractivity contribution < 1.29 is 19.8 Å². The van der Waals surface area contributed by atoms with Crippen LogP contribution in [0.15, 0.2) is 0 Å². The molecule has 0 saturated carbocycles. The third-order valence-electron chi connectivity index (χ3n) is 1.85. The second-order valence-corrected chi connectivity index (χ2v) is 3.48. The quantitative estimate of drug-likeness (QED) is 0.610. The number of nitrogens with one attached hydrogen (secondary N) is 1. The van der Waals surface area contributed by atoms with Crippen LogP contribution in [0.4, 0.5) is 0 Å². The third-order valence-corrected chi connectivity index (χ3v) is 1.85. The lowest BCUT2D eigenvalue weighted by Crippen LogP contribution is -2.29. The average Bonchev–Trinajstić information content (AvgIpc) is 2.56. The molecule has 1 rings (SSSR count). The van der Waals surface area contributed by atoms with Gasteiger partial charge in [-0.15, -0.1) is 0 Å². The van der Waals surface area contributed by atoms with Crippen molar-refractivity contribution in [3.63, 3.8) is 0 Å². The van der Waals surface area contributed by atoms with E-state index < -0.39 is 11.9 Å². The van der Waals surface area contributed by atoms with E-state index in [2.05, 4.69) is 5.32 Å². The molecule has 0 bridgehead atoms. The number of hydrogen-bond acceptors (Lipinski definition) is 3. The van der Waals surface area contributed by atoms with Gasteiger partial charge in [0.05, 0.1) is 5.92 Å². The van der Waals surface area contributed by atoms with E-state index in [4.69, 9.17) is 10.2 Å². The van der Waals surface area contributed by atoms with Crippen molar-refractivity contribution in [1.29, 1.82) is 0 Å². The van der Waals surface area contributed by atoms with Crippen LogP contribution in [0.2, 0.25) is 0 Å². The fourth-order valence-corrected chi connectivity index (χ4v) is 0.895. The molecule has 0 aliphatic carbocycles. The van der Waals surface area contributed by atoms with Gasteiger partial charge in [-0.3, -0.25) is 9.59 Å². The highest BCUT2D eigenvalue weighted by Gasteiger charge is 2.20. The summed E-state index contributed by atoms with van der Waals surface area (Å²) >= 11 is 0. The number of hydrogen-bond donors (Lipinski definition) is 3. The number of carboxylic acid groups (broad SMARTS) is 2. The lowest BCUT2D eigenvalue weighted by atomic mass is 10.2. The predicted octanol–water partition coefficient (Wildman–Crippen LogP) is 0.550. The fraction of sp³-hybridized carbons (Fsp3) is 0.778. The summed E-state index contributed by atoms with van der Waals surface area (Å²) in [4.78, 5) is 19.8. The summed E-state index contributed by atoms with van der Waals surface area (Å²) in [5.41, 5.74) is 0. The van der Waals surface area contributed by atoms with Gasteiger partial charge in [-0.2, -0.15) is 0 Å². The Morgan fingerprint density at radius 3 is 2.00 bits per heavy atom. The van der Waals surface area contributed by atoms with Gasteiger partial charge in [0.2, 0.25) is 0 Å². The lowest BCUT2D eigenvalue weighted by Gasteiger charge is -1.99. The molecule has 1 atom stereocenters. The molecule has 5 nitrogen and oxygen atoms in total. The second-order valence-electron chi connectivity index (χ2n) is 3.48. The molecule has 3 N–H and O–H groups in total. The van der Waals surface area contributed by atoms with Gasteiger partial charge < -0.3 is 15.5 Å². The number of carbonyl (C=O) groups is 2. The molecule has 1 aliphatic heterocycles. The van der Waals surface area contributed by atoms with Gasteiger partial charge in [-0.05, 0) is 19.4 Å². The molecular weight excluding hydrogens is 186 g/mol. The smallest absolute Gasteiger partial charge is 0.320 e. The van der Waals surface area contributed by atoms with Crippen LogP contribution in [-0.2, 0) is 9.59 Å². The Hall–Kier alpha value is -1.10. The van der Waals surface area contributed by atoms with Gasteiger partial charge >= 0.3 is 11.9 Å². The maximum absolute atomic E-state index is 10.1.